The number of amides is 6. The van der Waals surface area contributed by atoms with Crippen molar-refractivity contribution in [2.75, 3.05) is 44.3 Å². The summed E-state index contributed by atoms with van der Waals surface area (Å²) in [5.74, 6) is 6.30. The Morgan fingerprint density at radius 3 is 2.23 bits per heavy atom. The summed E-state index contributed by atoms with van der Waals surface area (Å²) in [6.45, 7) is 0.752. The fourth-order valence-corrected chi connectivity index (χ4v) is 14.0. The number of carbonyl (C=O) groups excluding carboxylic acids is 5. The molecular weight excluding hydrogens is 1180 g/mol. The quantitative estimate of drug-likeness (QED) is 0.00920. The molecule has 456 valence electrons. The lowest BCUT2D eigenvalue weighted by Gasteiger charge is -2.19. The number of phenolic OH excluding ortho intramolecular Hbond substituents is 1. The number of unbranched alkanes of at least 4 members (excludes halogenated alkanes) is 5. The SMILES string of the molecule is Nc1ncnc2c1c(C#CCNC(=O)CCCCCNC(=O)c1ccc(N=Nc3cc(CCNC(=O)CCCCCNC(=O)CCCCC4SCC5NC(=O)NC54)ccc3O)cc1)cn2[C@H]1CC[C@@H](COP(=O)(O)OP(=O)(O)OP(=O)(O)O)O1. The largest absolute Gasteiger partial charge is 0.506 e. The molecular formula is C51H69N12O17P3S. The minimum absolute atomic E-state index is 0.0112. The average molecular weight is 1250 g/mol. The molecule has 2 aromatic carbocycles. The van der Waals surface area contributed by atoms with E-state index in [2.05, 4.69) is 72.6 Å². The van der Waals surface area contributed by atoms with Crippen LogP contribution in [0.3, 0.4) is 0 Å². The molecule has 3 aliphatic heterocycles. The third kappa shape index (κ3) is 21.0. The molecule has 33 heteroatoms. The fourth-order valence-electron chi connectivity index (χ4n) is 9.39. The zero-order valence-electron chi connectivity index (χ0n) is 45.6. The maximum absolute atomic E-state index is 12.8. The number of fused-ring (bicyclic) bond motifs is 2. The van der Waals surface area contributed by atoms with E-state index in [9.17, 15) is 52.6 Å². The van der Waals surface area contributed by atoms with E-state index in [1.165, 1.54) is 12.4 Å². The van der Waals surface area contributed by atoms with E-state index < -0.39 is 42.4 Å². The lowest BCUT2D eigenvalue weighted by Crippen LogP contribution is -2.36. The molecule has 0 spiro atoms. The first-order chi connectivity index (χ1) is 40.1. The Morgan fingerprint density at radius 2 is 1.50 bits per heavy atom. The van der Waals surface area contributed by atoms with Gasteiger partial charge in [0.1, 0.15) is 35.5 Å². The Kier molecular flexibility index (Phi) is 24.2. The number of ether oxygens (including phenoxy) is 1. The second-order valence-electron chi connectivity index (χ2n) is 19.9. The number of benzene rings is 2. The maximum Gasteiger partial charge on any atom is 0.490 e. The summed E-state index contributed by atoms with van der Waals surface area (Å²) in [7, 11) is -16.6. The van der Waals surface area contributed by atoms with Gasteiger partial charge in [-0.15, -0.1) is 5.11 Å². The Hall–Kier alpha value is -6.31. The smallest absolute Gasteiger partial charge is 0.490 e. The van der Waals surface area contributed by atoms with Crippen molar-refractivity contribution in [2.24, 2.45) is 10.2 Å². The number of thioether (sulfide) groups is 1. The summed E-state index contributed by atoms with van der Waals surface area (Å²) < 4.78 is 54.5. The Bertz CT molecular complexity index is 3210. The third-order valence-electron chi connectivity index (χ3n) is 13.5. The number of phenols is 1. The molecule has 2 aromatic heterocycles. The molecule has 6 amide bonds. The van der Waals surface area contributed by atoms with E-state index >= 15 is 0 Å². The van der Waals surface area contributed by atoms with Gasteiger partial charge in [0.05, 0.1) is 48.0 Å². The van der Waals surface area contributed by atoms with Crippen molar-refractivity contribution in [3.05, 3.63) is 71.7 Å². The molecule has 3 fully saturated rings. The number of aromatic nitrogens is 3. The highest BCUT2D eigenvalue weighted by Gasteiger charge is 2.43. The zero-order valence-corrected chi connectivity index (χ0v) is 49.1. The van der Waals surface area contributed by atoms with Gasteiger partial charge in [0.2, 0.25) is 17.7 Å². The normalized spacial score (nSPS) is 19.8. The van der Waals surface area contributed by atoms with Gasteiger partial charge in [-0.3, -0.25) is 23.7 Å². The molecule has 29 nitrogen and oxygen atoms in total. The number of aromatic hydroxyl groups is 1. The maximum atomic E-state index is 12.8. The van der Waals surface area contributed by atoms with E-state index in [1.807, 2.05) is 11.8 Å². The number of anilines is 1. The standard InChI is InChI=1S/C51H69N12O17P3S/c52-48-46-35(29-63(49(46)58-32-57-48)45-22-20-37(78-45)30-77-82(73,74)80-83(75,76)79-81(70,71)72)10-9-26-54-42(65)12-4-2-8-25-56-50(68)34-16-18-36(19-17-34)61-62-38-28-33(15-21-40(38)64)23-27-55-44(67)13-3-1-7-24-53-43(66)14-6-5-11-41-47-39(31-84-41)59-51(69)60-47/h15-19,21,28-29,32,37,39,41,45,47,64H,1-8,11-14,20,22-27,30-31H2,(H,53,66)(H,54,65)(H,55,67)(H,56,68)(H,73,74)(H,75,76)(H2,52,57,58)(H2,59,60,69)(H2,70,71,72)/t37-,39?,41?,45+,47?/m0/s1. The molecule has 7 rings (SSSR count). The molecule has 3 aliphatic rings. The van der Waals surface area contributed by atoms with Crippen molar-refractivity contribution < 1.29 is 80.2 Å². The van der Waals surface area contributed by atoms with Gasteiger partial charge in [-0.05, 0) is 99.7 Å². The van der Waals surface area contributed by atoms with E-state index in [0.717, 1.165) is 43.4 Å². The predicted molar refractivity (Wildman–Crippen MR) is 306 cm³/mol. The molecule has 4 aromatic rings. The van der Waals surface area contributed by atoms with E-state index in [0.29, 0.717) is 104 Å². The van der Waals surface area contributed by atoms with Crippen molar-refractivity contribution in [1.29, 1.82) is 0 Å². The fraction of sp³-hybridized carbons (Fsp3) is 0.510. The van der Waals surface area contributed by atoms with E-state index in [-0.39, 0.29) is 78.4 Å². The molecule has 0 bridgehead atoms. The molecule has 84 heavy (non-hydrogen) atoms. The summed E-state index contributed by atoms with van der Waals surface area (Å²) in [5.41, 5.74) is 8.92. The number of nitrogens with two attached hydrogens (primary N) is 1. The number of rotatable bonds is 32. The second kappa shape index (κ2) is 31.2. The molecule has 13 N–H and O–H groups in total. The van der Waals surface area contributed by atoms with Gasteiger partial charge < -0.3 is 71.6 Å². The van der Waals surface area contributed by atoms with Crippen LogP contribution in [0.4, 0.5) is 22.0 Å². The van der Waals surface area contributed by atoms with Crippen molar-refractivity contribution in [3.8, 4) is 17.6 Å². The van der Waals surface area contributed by atoms with Crippen LogP contribution in [0, 0.1) is 11.8 Å². The van der Waals surface area contributed by atoms with Crippen LogP contribution in [0.25, 0.3) is 11.0 Å². The van der Waals surface area contributed by atoms with Crippen LogP contribution in [0.1, 0.15) is 118 Å². The predicted octanol–water partition coefficient (Wildman–Crippen LogP) is 5.67. The Balaban J connectivity index is 0.720. The molecule has 7 atom stereocenters. The summed E-state index contributed by atoms with van der Waals surface area (Å²) in [5, 5.41) is 37.1. The van der Waals surface area contributed by atoms with Crippen LogP contribution in [0.2, 0.25) is 0 Å². The first-order valence-corrected chi connectivity index (χ1v) is 32.8. The van der Waals surface area contributed by atoms with Crippen LogP contribution in [0.5, 0.6) is 5.75 Å². The number of hydrogen-bond acceptors (Lipinski definition) is 19. The number of carbonyl (C=O) groups is 5. The highest BCUT2D eigenvalue weighted by atomic mass is 32.2. The first-order valence-electron chi connectivity index (χ1n) is 27.2. The third-order valence-corrected chi connectivity index (χ3v) is 18.8. The Labute approximate surface area is 487 Å². The topological polar surface area (TPSA) is 428 Å². The lowest BCUT2D eigenvalue weighted by molar-refractivity contribution is -0.122. The number of phosphoric ester groups is 1. The van der Waals surface area contributed by atoms with Crippen molar-refractivity contribution in [2.45, 2.75) is 126 Å². The van der Waals surface area contributed by atoms with Gasteiger partial charge in [-0.1, -0.05) is 37.2 Å². The monoisotopic (exact) mass is 1250 g/mol. The second-order valence-corrected chi connectivity index (χ2v) is 25.6. The summed E-state index contributed by atoms with van der Waals surface area (Å²) in [6.07, 6.45) is 10.4. The highest BCUT2D eigenvalue weighted by molar-refractivity contribution is 8.00. The minimum Gasteiger partial charge on any atom is -0.506 e. The first kappa shape index (κ1) is 65.2. The number of phosphoric acid groups is 3. The van der Waals surface area contributed by atoms with Crippen LogP contribution >= 0.6 is 35.2 Å². The van der Waals surface area contributed by atoms with E-state index in [4.69, 9.17) is 24.8 Å². The molecule has 0 saturated carbocycles. The van der Waals surface area contributed by atoms with Crippen molar-refractivity contribution in [1.82, 2.24) is 46.4 Å². The van der Waals surface area contributed by atoms with Crippen LogP contribution in [-0.4, -0.2) is 131 Å². The van der Waals surface area contributed by atoms with Crippen LogP contribution in [0.15, 0.2) is 65.2 Å². The number of nitrogen functional groups attached to an aromatic ring is 1. The number of nitrogens with one attached hydrogen (secondary N) is 6. The van der Waals surface area contributed by atoms with E-state index in [1.54, 1.807) is 47.2 Å². The summed E-state index contributed by atoms with van der Waals surface area (Å²) in [4.78, 5) is 107. The zero-order chi connectivity index (χ0) is 60.3. The molecule has 5 unspecified atom stereocenters. The van der Waals surface area contributed by atoms with Crippen LogP contribution in [-0.2, 0) is 52.4 Å². The summed E-state index contributed by atoms with van der Waals surface area (Å²) >= 11 is 1.88. The average Bonchev–Trinajstić information content (AvgIpc) is 3.51. The van der Waals surface area contributed by atoms with Crippen molar-refractivity contribution >= 4 is 93.1 Å². The van der Waals surface area contributed by atoms with Gasteiger partial charge >= 0.3 is 29.5 Å². The van der Waals surface area contributed by atoms with Gasteiger partial charge in [0.15, 0.2) is 0 Å². The Morgan fingerprint density at radius 1 is 0.810 bits per heavy atom. The van der Waals surface area contributed by atoms with Crippen molar-refractivity contribution in [3.63, 3.8) is 0 Å². The lowest BCUT2D eigenvalue weighted by atomic mass is 10.0. The number of azo groups is 1. The van der Waals surface area contributed by atoms with Gasteiger partial charge in [0, 0.05) is 61.7 Å². The minimum atomic E-state index is -5.68. The van der Waals surface area contributed by atoms with Gasteiger partial charge in [0.25, 0.3) is 5.91 Å². The molecule has 3 saturated heterocycles. The molecule has 5 heterocycles. The van der Waals surface area contributed by atoms with Gasteiger partial charge in [-0.25, -0.2) is 28.5 Å². The highest BCUT2D eigenvalue weighted by Crippen LogP contribution is 2.66. The number of urea groups is 1. The molecule has 0 radical (unpaired) electrons. The number of hydrogen-bond donors (Lipinski definition) is 12. The van der Waals surface area contributed by atoms with Crippen LogP contribution < -0.4 is 37.6 Å². The number of nitrogens with zero attached hydrogens (tertiary/aromatic N) is 5. The molecule has 0 aliphatic carbocycles. The summed E-state index contributed by atoms with van der Waals surface area (Å²) in [6, 6.07) is 11.7. The van der Waals surface area contributed by atoms with Gasteiger partial charge in [-0.2, -0.15) is 25.5 Å².